The molecule has 0 saturated carbocycles. The Labute approximate surface area is 130 Å². The monoisotopic (exact) mass is 294 g/mol. The van der Waals surface area contributed by atoms with Gasteiger partial charge in [-0.2, -0.15) is 5.10 Å². The second kappa shape index (κ2) is 5.08. The maximum Gasteiger partial charge on any atom is 0.158 e. The molecule has 0 bridgehead atoms. The Kier molecular flexibility index (Phi) is 3.17. The van der Waals surface area contributed by atoms with Gasteiger partial charge in [-0.15, -0.1) is 0 Å². The fourth-order valence-electron chi connectivity index (χ4n) is 4.21. The minimum Gasteiger partial charge on any atom is -0.295 e. The first kappa shape index (κ1) is 13.7. The van der Waals surface area contributed by atoms with Crippen LogP contribution in [0, 0.1) is 5.92 Å². The van der Waals surface area contributed by atoms with Gasteiger partial charge in [0.2, 0.25) is 0 Å². The molecule has 1 aromatic heterocycles. The van der Waals surface area contributed by atoms with Crippen LogP contribution in [0.15, 0.2) is 17.7 Å². The zero-order chi connectivity index (χ0) is 15.3. The van der Waals surface area contributed by atoms with Crippen LogP contribution in [0.2, 0.25) is 0 Å². The SMILES string of the molecule is CCCCc1[nH]nc2ccc3c(c12)CC1CCC(=O)C(C)=C31. The van der Waals surface area contributed by atoms with Gasteiger partial charge < -0.3 is 0 Å². The number of hydrogen-bond donors (Lipinski definition) is 1. The van der Waals surface area contributed by atoms with Gasteiger partial charge in [0, 0.05) is 17.5 Å². The Hall–Kier alpha value is -1.90. The van der Waals surface area contributed by atoms with E-state index in [-0.39, 0.29) is 0 Å². The summed E-state index contributed by atoms with van der Waals surface area (Å²) in [5, 5.41) is 9.07. The summed E-state index contributed by atoms with van der Waals surface area (Å²) in [5.74, 6) is 0.866. The fourth-order valence-corrected chi connectivity index (χ4v) is 4.21. The normalized spacial score (nSPS) is 20.6. The Morgan fingerprint density at radius 1 is 1.36 bits per heavy atom. The molecule has 1 atom stereocenters. The second-order valence-corrected chi connectivity index (χ2v) is 6.69. The number of rotatable bonds is 3. The van der Waals surface area contributed by atoms with E-state index < -0.39 is 0 Å². The quantitative estimate of drug-likeness (QED) is 0.921. The lowest BCUT2D eigenvalue weighted by molar-refractivity contribution is -0.116. The zero-order valence-electron chi connectivity index (χ0n) is 13.3. The van der Waals surface area contributed by atoms with E-state index in [4.69, 9.17) is 0 Å². The number of carbonyl (C=O) groups is 1. The van der Waals surface area contributed by atoms with Crippen molar-refractivity contribution >= 4 is 22.3 Å². The van der Waals surface area contributed by atoms with Crippen LogP contribution in [0.5, 0.6) is 0 Å². The summed E-state index contributed by atoms with van der Waals surface area (Å²) < 4.78 is 0. The highest BCUT2D eigenvalue weighted by Crippen LogP contribution is 2.47. The highest BCUT2D eigenvalue weighted by atomic mass is 16.1. The number of aromatic amines is 1. The summed E-state index contributed by atoms with van der Waals surface area (Å²) in [6.07, 6.45) is 6.23. The van der Waals surface area contributed by atoms with Gasteiger partial charge in [-0.1, -0.05) is 19.4 Å². The minimum atomic E-state index is 0.331. The van der Waals surface area contributed by atoms with Crippen molar-refractivity contribution in [3.63, 3.8) is 0 Å². The highest BCUT2D eigenvalue weighted by Gasteiger charge is 2.35. The molecule has 22 heavy (non-hydrogen) atoms. The van der Waals surface area contributed by atoms with E-state index in [9.17, 15) is 4.79 Å². The highest BCUT2D eigenvalue weighted by molar-refractivity contribution is 6.06. The lowest BCUT2D eigenvalue weighted by Gasteiger charge is -2.20. The molecule has 0 saturated heterocycles. The van der Waals surface area contributed by atoms with Gasteiger partial charge in [0.15, 0.2) is 5.78 Å². The predicted molar refractivity (Wildman–Crippen MR) is 88.7 cm³/mol. The molecular weight excluding hydrogens is 272 g/mol. The van der Waals surface area contributed by atoms with Crippen molar-refractivity contribution < 1.29 is 4.79 Å². The number of nitrogens with zero attached hydrogens (tertiary/aromatic N) is 1. The summed E-state index contributed by atoms with van der Waals surface area (Å²) in [6.45, 7) is 4.23. The Morgan fingerprint density at radius 3 is 3.05 bits per heavy atom. The van der Waals surface area contributed by atoms with Crippen molar-refractivity contribution in [2.45, 2.75) is 52.4 Å². The van der Waals surface area contributed by atoms with Crippen LogP contribution in [-0.2, 0) is 17.6 Å². The van der Waals surface area contributed by atoms with E-state index in [0.717, 1.165) is 30.4 Å². The first-order valence-electron chi connectivity index (χ1n) is 8.43. The van der Waals surface area contributed by atoms with Crippen LogP contribution in [0.4, 0.5) is 0 Å². The third-order valence-corrected chi connectivity index (χ3v) is 5.38. The second-order valence-electron chi connectivity index (χ2n) is 6.69. The van der Waals surface area contributed by atoms with Crippen LogP contribution >= 0.6 is 0 Å². The van der Waals surface area contributed by atoms with Gasteiger partial charge >= 0.3 is 0 Å². The molecule has 4 rings (SSSR count). The molecule has 0 aliphatic heterocycles. The molecule has 0 spiro atoms. The van der Waals surface area contributed by atoms with Crippen molar-refractivity contribution in [3.05, 3.63) is 34.5 Å². The zero-order valence-corrected chi connectivity index (χ0v) is 13.3. The third kappa shape index (κ3) is 1.88. The molecule has 1 heterocycles. The lowest BCUT2D eigenvalue weighted by atomic mass is 9.83. The van der Waals surface area contributed by atoms with E-state index in [1.165, 1.54) is 40.6 Å². The minimum absolute atomic E-state index is 0.331. The molecule has 1 aromatic carbocycles. The topological polar surface area (TPSA) is 45.8 Å². The maximum atomic E-state index is 12.1. The van der Waals surface area contributed by atoms with Crippen LogP contribution in [-0.4, -0.2) is 16.0 Å². The molecule has 1 unspecified atom stereocenters. The number of aromatic nitrogens is 2. The van der Waals surface area contributed by atoms with E-state index in [2.05, 4.69) is 29.3 Å². The van der Waals surface area contributed by atoms with Crippen LogP contribution < -0.4 is 0 Å². The summed E-state index contributed by atoms with van der Waals surface area (Å²) in [7, 11) is 0. The number of nitrogens with one attached hydrogen (secondary N) is 1. The molecule has 0 amide bonds. The first-order chi connectivity index (χ1) is 10.7. The maximum absolute atomic E-state index is 12.1. The van der Waals surface area contributed by atoms with Gasteiger partial charge in [-0.3, -0.25) is 9.89 Å². The van der Waals surface area contributed by atoms with E-state index in [0.29, 0.717) is 18.1 Å². The molecule has 0 fully saturated rings. The number of aryl methyl sites for hydroxylation is 1. The molecule has 2 aliphatic carbocycles. The molecule has 114 valence electrons. The van der Waals surface area contributed by atoms with Crippen molar-refractivity contribution in [2.75, 3.05) is 0 Å². The smallest absolute Gasteiger partial charge is 0.158 e. The Bertz CT molecular complexity index is 797. The van der Waals surface area contributed by atoms with Gasteiger partial charge in [-0.25, -0.2) is 0 Å². The fraction of sp³-hybridized carbons (Fsp3) is 0.474. The van der Waals surface area contributed by atoms with E-state index >= 15 is 0 Å². The Balaban J connectivity index is 1.91. The molecule has 3 nitrogen and oxygen atoms in total. The molecular formula is C19H22N2O. The number of benzene rings is 1. The first-order valence-corrected chi connectivity index (χ1v) is 8.43. The molecule has 1 N–H and O–H groups in total. The summed E-state index contributed by atoms with van der Waals surface area (Å²) >= 11 is 0. The predicted octanol–water partition coefficient (Wildman–Crippen LogP) is 4.21. The largest absolute Gasteiger partial charge is 0.295 e. The average molecular weight is 294 g/mol. The third-order valence-electron chi connectivity index (χ3n) is 5.38. The Morgan fingerprint density at radius 2 is 2.23 bits per heavy atom. The average Bonchev–Trinajstić information content (AvgIpc) is 3.09. The number of Topliss-reactive ketones (excluding diaryl/α,β-unsaturated/α-hetero) is 1. The van der Waals surface area contributed by atoms with Crippen molar-refractivity contribution in [2.24, 2.45) is 5.92 Å². The van der Waals surface area contributed by atoms with Crippen LogP contribution in [0.3, 0.4) is 0 Å². The number of allylic oxidation sites excluding steroid dienone is 2. The number of unbranched alkanes of at least 4 members (excludes halogenated alkanes) is 1. The summed E-state index contributed by atoms with van der Waals surface area (Å²) in [4.78, 5) is 12.1. The van der Waals surface area contributed by atoms with Crippen molar-refractivity contribution in [1.82, 2.24) is 10.2 Å². The lowest BCUT2D eigenvalue weighted by Crippen LogP contribution is -2.14. The molecule has 2 aromatic rings. The van der Waals surface area contributed by atoms with Gasteiger partial charge in [-0.05, 0) is 66.9 Å². The summed E-state index contributed by atoms with van der Waals surface area (Å²) in [5.41, 5.74) is 7.39. The number of fused-ring (bicyclic) bond motifs is 5. The number of carbonyl (C=O) groups excluding carboxylic acids is 1. The van der Waals surface area contributed by atoms with Crippen molar-refractivity contribution in [3.8, 4) is 0 Å². The van der Waals surface area contributed by atoms with Crippen molar-refractivity contribution in [1.29, 1.82) is 0 Å². The molecule has 0 radical (unpaired) electrons. The van der Waals surface area contributed by atoms with Gasteiger partial charge in [0.1, 0.15) is 0 Å². The van der Waals surface area contributed by atoms with Crippen LogP contribution in [0.1, 0.15) is 56.4 Å². The number of hydrogen-bond acceptors (Lipinski definition) is 2. The molecule has 3 heteroatoms. The number of H-pyrrole nitrogens is 1. The van der Waals surface area contributed by atoms with Gasteiger partial charge in [0.05, 0.1) is 5.52 Å². The number of ketones is 1. The van der Waals surface area contributed by atoms with Crippen LogP contribution in [0.25, 0.3) is 16.5 Å². The van der Waals surface area contributed by atoms with E-state index in [1.807, 2.05) is 6.92 Å². The van der Waals surface area contributed by atoms with Gasteiger partial charge in [0.25, 0.3) is 0 Å². The molecule has 2 aliphatic rings. The standard InChI is InChI=1S/C19H22N2O/c1-3-4-5-15-19-14-10-12-6-9-17(22)11(2)18(12)13(14)7-8-16(19)21-20-15/h7-8,12H,3-6,9-10H2,1-2H3,(H,20,21). The van der Waals surface area contributed by atoms with E-state index in [1.54, 1.807) is 0 Å². The summed E-state index contributed by atoms with van der Waals surface area (Å²) in [6, 6.07) is 4.29.